The summed E-state index contributed by atoms with van der Waals surface area (Å²) in [5.41, 5.74) is 3.55. The van der Waals surface area contributed by atoms with E-state index in [1.807, 2.05) is 13.0 Å². The fraction of sp³-hybridized carbons (Fsp3) is 0.565. The van der Waals surface area contributed by atoms with Crippen molar-refractivity contribution in [3.8, 4) is 0 Å². The lowest BCUT2D eigenvalue weighted by molar-refractivity contribution is 0.0632. The van der Waals surface area contributed by atoms with E-state index in [0.717, 1.165) is 41.5 Å². The van der Waals surface area contributed by atoms with Crippen LogP contribution in [0.5, 0.6) is 0 Å². The summed E-state index contributed by atoms with van der Waals surface area (Å²) >= 11 is 0. The number of ether oxygens (including phenoxy) is 1. The highest BCUT2D eigenvalue weighted by molar-refractivity contribution is 5.83. The molecule has 2 aliphatic rings. The highest BCUT2D eigenvalue weighted by Crippen LogP contribution is 2.30. The Morgan fingerprint density at radius 2 is 2.03 bits per heavy atom. The summed E-state index contributed by atoms with van der Waals surface area (Å²) in [7, 11) is 0. The number of fused-ring (bicyclic) bond motifs is 1. The minimum atomic E-state index is -0.395. The zero-order chi connectivity index (χ0) is 22.2. The van der Waals surface area contributed by atoms with E-state index >= 15 is 0 Å². The number of aromatic amines is 1. The number of tetrazole rings is 1. The van der Waals surface area contributed by atoms with Crippen LogP contribution < -0.4 is 5.56 Å². The molecule has 2 fully saturated rings. The van der Waals surface area contributed by atoms with Gasteiger partial charge in [-0.3, -0.25) is 9.69 Å². The number of H-pyrrole nitrogens is 1. The molecule has 0 aliphatic carbocycles. The molecule has 0 radical (unpaired) electrons. The lowest BCUT2D eigenvalue weighted by atomic mass is 9.98. The molecule has 4 heterocycles. The number of benzene rings is 1. The number of hydrogen-bond acceptors (Lipinski definition) is 7. The molecule has 170 valence electrons. The van der Waals surface area contributed by atoms with Gasteiger partial charge in [0.1, 0.15) is 6.04 Å². The third-order valence-electron chi connectivity index (χ3n) is 6.69. The van der Waals surface area contributed by atoms with Gasteiger partial charge in [0.25, 0.3) is 5.56 Å². The third kappa shape index (κ3) is 4.07. The van der Waals surface area contributed by atoms with E-state index in [-0.39, 0.29) is 17.8 Å². The number of rotatable bonds is 5. The maximum Gasteiger partial charge on any atom is 0.253 e. The highest BCUT2D eigenvalue weighted by Gasteiger charge is 2.33. The zero-order valence-corrected chi connectivity index (χ0v) is 18.6. The monoisotopic (exact) mass is 438 g/mol. The molecule has 2 saturated heterocycles. The van der Waals surface area contributed by atoms with Gasteiger partial charge in [-0.15, -0.1) is 5.10 Å². The smallest absolute Gasteiger partial charge is 0.253 e. The van der Waals surface area contributed by atoms with Crippen LogP contribution in [0.15, 0.2) is 23.0 Å². The van der Waals surface area contributed by atoms with Gasteiger partial charge in [-0.2, -0.15) is 0 Å². The number of piperidine rings is 1. The summed E-state index contributed by atoms with van der Waals surface area (Å²) in [5, 5.41) is 23.6. The van der Waals surface area contributed by atoms with Gasteiger partial charge in [0.15, 0.2) is 5.82 Å². The first-order valence-corrected chi connectivity index (χ1v) is 11.4. The Morgan fingerprint density at radius 3 is 2.78 bits per heavy atom. The van der Waals surface area contributed by atoms with Crippen LogP contribution in [0.2, 0.25) is 0 Å². The number of aromatic nitrogens is 5. The summed E-state index contributed by atoms with van der Waals surface area (Å²) in [6.07, 6.45) is 3.12. The van der Waals surface area contributed by atoms with Crippen molar-refractivity contribution in [2.75, 3.05) is 19.7 Å². The van der Waals surface area contributed by atoms with E-state index < -0.39 is 6.04 Å². The summed E-state index contributed by atoms with van der Waals surface area (Å²) in [4.78, 5) is 18.6. The molecular weight excluding hydrogens is 408 g/mol. The SMILES string of the molecule is Cc1cc(C)c2[nH]c(=O)c([C@H](c3nnnn3C[C@H]3CCCO3)N3CCC(O)CC3)cc2c1. The molecular formula is C23H30N6O3. The minimum absolute atomic E-state index is 0.0845. The first-order chi connectivity index (χ1) is 15.5. The fourth-order valence-corrected chi connectivity index (χ4v) is 5.07. The van der Waals surface area contributed by atoms with Crippen LogP contribution in [0.1, 0.15) is 54.2 Å². The molecule has 1 aromatic carbocycles. The molecule has 9 nitrogen and oxygen atoms in total. The Labute approximate surface area is 186 Å². The van der Waals surface area contributed by atoms with E-state index in [2.05, 4.69) is 44.5 Å². The van der Waals surface area contributed by atoms with E-state index in [9.17, 15) is 9.90 Å². The van der Waals surface area contributed by atoms with Gasteiger partial charge in [0, 0.05) is 25.3 Å². The predicted octanol–water partition coefficient (Wildman–Crippen LogP) is 1.86. The zero-order valence-electron chi connectivity index (χ0n) is 18.6. The number of hydrogen-bond donors (Lipinski definition) is 2. The first kappa shape index (κ1) is 21.2. The third-order valence-corrected chi connectivity index (χ3v) is 6.69. The largest absolute Gasteiger partial charge is 0.393 e. The average Bonchev–Trinajstić information content (AvgIpc) is 3.44. The van der Waals surface area contributed by atoms with Crippen molar-refractivity contribution < 1.29 is 9.84 Å². The van der Waals surface area contributed by atoms with Crippen molar-refractivity contribution in [2.24, 2.45) is 0 Å². The van der Waals surface area contributed by atoms with Crippen LogP contribution in [0.25, 0.3) is 10.9 Å². The topological polar surface area (TPSA) is 109 Å². The first-order valence-electron chi connectivity index (χ1n) is 11.4. The molecule has 0 bridgehead atoms. The number of nitrogens with one attached hydrogen (secondary N) is 1. The fourth-order valence-electron chi connectivity index (χ4n) is 5.07. The van der Waals surface area contributed by atoms with E-state index in [1.54, 1.807) is 4.68 Å². The van der Waals surface area contributed by atoms with Gasteiger partial charge in [0.05, 0.1) is 24.3 Å². The summed E-state index contributed by atoms with van der Waals surface area (Å²) < 4.78 is 7.59. The van der Waals surface area contributed by atoms with Crippen LogP contribution in [0.4, 0.5) is 0 Å². The molecule has 2 aliphatic heterocycles. The number of likely N-dealkylation sites (tertiary alicyclic amines) is 1. The maximum atomic E-state index is 13.3. The second kappa shape index (κ2) is 8.73. The molecule has 2 N–H and O–H groups in total. The van der Waals surface area contributed by atoms with Gasteiger partial charge in [-0.05, 0) is 73.0 Å². The summed E-state index contributed by atoms with van der Waals surface area (Å²) in [6.45, 7) is 6.74. The van der Waals surface area contributed by atoms with E-state index in [1.165, 1.54) is 0 Å². The number of aliphatic hydroxyl groups is 1. The van der Waals surface area contributed by atoms with Gasteiger partial charge in [-0.25, -0.2) is 4.68 Å². The van der Waals surface area contributed by atoms with E-state index in [4.69, 9.17) is 4.74 Å². The minimum Gasteiger partial charge on any atom is -0.393 e. The molecule has 2 aromatic heterocycles. The molecule has 0 saturated carbocycles. The van der Waals surface area contributed by atoms with Crippen molar-refractivity contribution >= 4 is 10.9 Å². The van der Waals surface area contributed by atoms with Crippen LogP contribution in [-0.4, -0.2) is 67.1 Å². The van der Waals surface area contributed by atoms with Crippen LogP contribution in [0.3, 0.4) is 0 Å². The standard InChI is InChI=1S/C23H30N6O3/c1-14-10-15(2)20-16(11-14)12-19(23(31)24-20)21(28-7-5-17(30)6-8-28)22-25-26-27-29(22)13-18-4-3-9-32-18/h10-12,17-18,21,30H,3-9,13H2,1-2H3,(H,24,31)/t18-,21-/m1/s1. The second-order valence-electron chi connectivity index (χ2n) is 9.12. The Balaban J connectivity index is 1.61. The van der Waals surface area contributed by atoms with Crippen molar-refractivity contribution in [1.82, 2.24) is 30.1 Å². The van der Waals surface area contributed by atoms with Crippen LogP contribution >= 0.6 is 0 Å². The molecule has 9 heteroatoms. The van der Waals surface area contributed by atoms with Gasteiger partial charge < -0.3 is 14.8 Å². The summed E-state index contributed by atoms with van der Waals surface area (Å²) in [5.74, 6) is 0.645. The lowest BCUT2D eigenvalue weighted by Gasteiger charge is -2.35. The normalized spacial score (nSPS) is 21.4. The molecule has 0 amide bonds. The van der Waals surface area contributed by atoms with Crippen molar-refractivity contribution in [3.63, 3.8) is 0 Å². The number of nitrogens with zero attached hydrogens (tertiary/aromatic N) is 5. The van der Waals surface area contributed by atoms with E-state index in [0.29, 0.717) is 43.9 Å². The molecule has 0 unspecified atom stereocenters. The van der Waals surface area contributed by atoms with Gasteiger partial charge in [-0.1, -0.05) is 11.6 Å². The van der Waals surface area contributed by atoms with Crippen molar-refractivity contribution in [2.45, 2.75) is 64.3 Å². The molecule has 32 heavy (non-hydrogen) atoms. The Hall–Kier alpha value is -2.62. The second-order valence-corrected chi connectivity index (χ2v) is 9.12. The maximum absolute atomic E-state index is 13.3. The quantitative estimate of drug-likeness (QED) is 0.626. The Bertz CT molecular complexity index is 1160. The van der Waals surface area contributed by atoms with Gasteiger partial charge in [0.2, 0.25) is 0 Å². The average molecular weight is 439 g/mol. The molecule has 3 aromatic rings. The predicted molar refractivity (Wildman–Crippen MR) is 119 cm³/mol. The number of aliphatic hydroxyl groups excluding tert-OH is 1. The Morgan fingerprint density at radius 1 is 1.22 bits per heavy atom. The highest BCUT2D eigenvalue weighted by atomic mass is 16.5. The molecule has 0 spiro atoms. The van der Waals surface area contributed by atoms with Crippen molar-refractivity contribution in [3.05, 3.63) is 51.1 Å². The number of pyridine rings is 1. The Kier molecular flexibility index (Phi) is 5.79. The lowest BCUT2D eigenvalue weighted by Crippen LogP contribution is -2.42. The molecule has 5 rings (SSSR count). The van der Waals surface area contributed by atoms with Crippen molar-refractivity contribution in [1.29, 1.82) is 0 Å². The van der Waals surface area contributed by atoms with Gasteiger partial charge >= 0.3 is 0 Å². The summed E-state index contributed by atoms with van der Waals surface area (Å²) in [6, 6.07) is 5.75. The molecule has 2 atom stereocenters. The number of aryl methyl sites for hydroxylation is 2. The van der Waals surface area contributed by atoms with Crippen LogP contribution in [0, 0.1) is 13.8 Å². The van der Waals surface area contributed by atoms with Crippen LogP contribution in [-0.2, 0) is 11.3 Å².